The van der Waals surface area contributed by atoms with Crippen LogP contribution in [0.3, 0.4) is 0 Å². The van der Waals surface area contributed by atoms with Crippen molar-refractivity contribution in [2.45, 2.75) is 25.4 Å². The number of benzene rings is 3. The first-order chi connectivity index (χ1) is 16.8. The normalized spacial score (nSPS) is 14.7. The Labute approximate surface area is 205 Å². The van der Waals surface area contributed by atoms with Gasteiger partial charge in [-0.1, -0.05) is 60.7 Å². The zero-order valence-corrected chi connectivity index (χ0v) is 20.1. The molecule has 1 amide bonds. The number of amides is 1. The monoisotopic (exact) mass is 473 g/mol. The zero-order valence-electron chi connectivity index (χ0n) is 20.1. The van der Waals surface area contributed by atoms with E-state index in [1.807, 2.05) is 80.6 Å². The van der Waals surface area contributed by atoms with Crippen molar-refractivity contribution in [3.63, 3.8) is 0 Å². The number of hydrogen-bond acceptors (Lipinski definition) is 6. The maximum Gasteiger partial charge on any atom is 0.292 e. The SMILES string of the molecule is CC(C)(C(N)=O)N1CCN(c2ccc([N+](=O)[O-])c(NC(c3ccccc3)c3ccccc3)c2)CC1. The second-order valence-corrected chi connectivity index (χ2v) is 9.25. The summed E-state index contributed by atoms with van der Waals surface area (Å²) >= 11 is 0. The van der Waals surface area contributed by atoms with E-state index in [9.17, 15) is 14.9 Å². The van der Waals surface area contributed by atoms with Gasteiger partial charge in [-0.25, -0.2) is 0 Å². The molecular weight excluding hydrogens is 442 g/mol. The number of piperazine rings is 1. The summed E-state index contributed by atoms with van der Waals surface area (Å²) in [7, 11) is 0. The first-order valence-electron chi connectivity index (χ1n) is 11.7. The molecule has 4 rings (SSSR count). The number of hydrogen-bond donors (Lipinski definition) is 2. The fourth-order valence-electron chi connectivity index (χ4n) is 4.48. The Hall–Kier alpha value is -3.91. The zero-order chi connectivity index (χ0) is 25.0. The molecule has 0 spiro atoms. The van der Waals surface area contributed by atoms with Crippen molar-refractivity contribution < 1.29 is 9.72 Å². The standard InChI is InChI=1S/C27H31N5O3/c1-27(2,26(28)33)31-17-15-30(16-18-31)22-13-14-24(32(34)35)23(19-22)29-25(20-9-5-3-6-10-20)21-11-7-4-8-12-21/h3-14,19,25,29H,15-18H2,1-2H3,(H2,28,33). The van der Waals surface area contributed by atoms with Gasteiger partial charge in [0, 0.05) is 37.9 Å². The van der Waals surface area contributed by atoms with Crippen LogP contribution >= 0.6 is 0 Å². The Kier molecular flexibility index (Phi) is 7.02. The highest BCUT2D eigenvalue weighted by atomic mass is 16.6. The van der Waals surface area contributed by atoms with E-state index in [2.05, 4.69) is 15.1 Å². The molecule has 8 nitrogen and oxygen atoms in total. The Bertz CT molecular complexity index is 1140. The van der Waals surface area contributed by atoms with Crippen LogP contribution in [0.25, 0.3) is 0 Å². The quantitative estimate of drug-likeness (QED) is 0.376. The minimum atomic E-state index is -0.715. The smallest absolute Gasteiger partial charge is 0.292 e. The molecule has 1 fully saturated rings. The molecule has 0 atom stereocenters. The van der Waals surface area contributed by atoms with Crippen LogP contribution < -0.4 is 16.0 Å². The molecule has 1 saturated heterocycles. The number of nitrogens with one attached hydrogen (secondary N) is 1. The summed E-state index contributed by atoms with van der Waals surface area (Å²) in [5.74, 6) is -0.347. The highest BCUT2D eigenvalue weighted by Crippen LogP contribution is 2.35. The van der Waals surface area contributed by atoms with Crippen molar-refractivity contribution in [3.05, 3.63) is 100 Å². The van der Waals surface area contributed by atoms with E-state index in [-0.39, 0.29) is 22.6 Å². The molecule has 0 aliphatic carbocycles. The highest BCUT2D eigenvalue weighted by molar-refractivity contribution is 5.83. The summed E-state index contributed by atoms with van der Waals surface area (Å²) in [5.41, 5.74) is 8.29. The Morgan fingerprint density at radius 1 is 0.943 bits per heavy atom. The van der Waals surface area contributed by atoms with Crippen LogP contribution in [0.15, 0.2) is 78.9 Å². The number of nitro benzene ring substituents is 1. The number of nitrogens with zero attached hydrogens (tertiary/aromatic N) is 3. The van der Waals surface area contributed by atoms with Gasteiger partial charge in [-0.15, -0.1) is 0 Å². The third-order valence-corrected chi connectivity index (χ3v) is 6.78. The van der Waals surface area contributed by atoms with Crippen LogP contribution in [0, 0.1) is 10.1 Å². The van der Waals surface area contributed by atoms with Crippen LogP contribution in [0.5, 0.6) is 0 Å². The molecule has 0 unspecified atom stereocenters. The molecule has 1 heterocycles. The fraction of sp³-hybridized carbons (Fsp3) is 0.296. The largest absolute Gasteiger partial charge is 0.369 e. The molecule has 0 saturated carbocycles. The van der Waals surface area contributed by atoms with Crippen molar-refractivity contribution in [1.29, 1.82) is 0 Å². The molecule has 35 heavy (non-hydrogen) atoms. The van der Waals surface area contributed by atoms with E-state index in [1.165, 1.54) is 0 Å². The van der Waals surface area contributed by atoms with E-state index in [0.29, 0.717) is 31.9 Å². The lowest BCUT2D eigenvalue weighted by molar-refractivity contribution is -0.384. The minimum absolute atomic E-state index is 0.0270. The average Bonchev–Trinajstić information content (AvgIpc) is 2.88. The molecule has 8 heteroatoms. The Morgan fingerprint density at radius 3 is 1.97 bits per heavy atom. The summed E-state index contributed by atoms with van der Waals surface area (Å²) in [6, 6.07) is 24.8. The minimum Gasteiger partial charge on any atom is -0.369 e. The van der Waals surface area contributed by atoms with E-state index in [4.69, 9.17) is 5.73 Å². The molecule has 3 aromatic carbocycles. The van der Waals surface area contributed by atoms with Crippen LogP contribution in [0.2, 0.25) is 0 Å². The van der Waals surface area contributed by atoms with Crippen molar-refractivity contribution in [1.82, 2.24) is 4.90 Å². The molecule has 0 aromatic heterocycles. The maximum atomic E-state index is 11.9. The van der Waals surface area contributed by atoms with Gasteiger partial charge >= 0.3 is 0 Å². The second-order valence-electron chi connectivity index (χ2n) is 9.25. The van der Waals surface area contributed by atoms with Crippen molar-refractivity contribution in [2.24, 2.45) is 5.73 Å². The van der Waals surface area contributed by atoms with Crippen molar-refractivity contribution in [2.75, 3.05) is 36.4 Å². The number of primary amides is 1. The lowest BCUT2D eigenvalue weighted by atomic mass is 9.98. The second kappa shape index (κ2) is 10.1. The predicted molar refractivity (Wildman–Crippen MR) is 139 cm³/mol. The average molecular weight is 474 g/mol. The summed E-state index contributed by atoms with van der Waals surface area (Å²) < 4.78 is 0. The van der Waals surface area contributed by atoms with E-state index >= 15 is 0 Å². The predicted octanol–water partition coefficient (Wildman–Crippen LogP) is 4.18. The van der Waals surface area contributed by atoms with Gasteiger partial charge in [-0.05, 0) is 37.1 Å². The number of carbonyl (C=O) groups excluding carboxylic acids is 1. The van der Waals surface area contributed by atoms with Gasteiger partial charge in [-0.2, -0.15) is 0 Å². The van der Waals surface area contributed by atoms with Crippen LogP contribution in [-0.2, 0) is 4.79 Å². The first-order valence-corrected chi connectivity index (χ1v) is 11.7. The fourth-order valence-corrected chi connectivity index (χ4v) is 4.48. The number of nitro groups is 1. The van der Waals surface area contributed by atoms with Gasteiger partial charge < -0.3 is 16.0 Å². The van der Waals surface area contributed by atoms with E-state index < -0.39 is 5.54 Å². The van der Waals surface area contributed by atoms with Crippen molar-refractivity contribution in [3.8, 4) is 0 Å². The first kappa shape index (κ1) is 24.2. The van der Waals surface area contributed by atoms with Gasteiger partial charge in [0.1, 0.15) is 5.69 Å². The third kappa shape index (κ3) is 5.27. The summed E-state index contributed by atoms with van der Waals surface area (Å²) in [6.07, 6.45) is 0. The van der Waals surface area contributed by atoms with Gasteiger partial charge in [0.05, 0.1) is 16.5 Å². The van der Waals surface area contributed by atoms with Crippen molar-refractivity contribution >= 4 is 23.0 Å². The number of rotatable bonds is 8. The van der Waals surface area contributed by atoms with Crippen LogP contribution in [-0.4, -0.2) is 47.4 Å². The molecule has 0 bridgehead atoms. The summed E-state index contributed by atoms with van der Waals surface area (Å²) in [6.45, 7) is 6.40. The molecule has 1 aliphatic rings. The van der Waals surface area contributed by atoms with E-state index in [1.54, 1.807) is 12.1 Å². The molecule has 0 radical (unpaired) electrons. The van der Waals surface area contributed by atoms with E-state index in [0.717, 1.165) is 16.8 Å². The molecule has 3 N–H and O–H groups in total. The third-order valence-electron chi connectivity index (χ3n) is 6.78. The number of carbonyl (C=O) groups is 1. The maximum absolute atomic E-state index is 11.9. The van der Waals surface area contributed by atoms with Gasteiger partial charge in [0.15, 0.2) is 0 Å². The molecule has 1 aliphatic heterocycles. The topological polar surface area (TPSA) is 105 Å². The van der Waals surface area contributed by atoms with Gasteiger partial charge in [0.2, 0.25) is 5.91 Å². The van der Waals surface area contributed by atoms with Crippen LogP contribution in [0.4, 0.5) is 17.1 Å². The molecule has 182 valence electrons. The summed E-state index contributed by atoms with van der Waals surface area (Å²) in [4.78, 5) is 27.6. The summed E-state index contributed by atoms with van der Waals surface area (Å²) in [5, 5.41) is 15.3. The number of nitrogens with two attached hydrogens (primary N) is 1. The lowest BCUT2D eigenvalue weighted by Crippen LogP contribution is -2.59. The molecular formula is C27H31N5O3. The Morgan fingerprint density at radius 2 is 1.49 bits per heavy atom. The van der Waals surface area contributed by atoms with Gasteiger partial charge in [0.25, 0.3) is 5.69 Å². The Balaban J connectivity index is 1.62. The highest BCUT2D eigenvalue weighted by Gasteiger charge is 2.35. The van der Waals surface area contributed by atoms with Crippen LogP contribution in [0.1, 0.15) is 31.0 Å². The lowest BCUT2D eigenvalue weighted by Gasteiger charge is -2.43. The molecule has 3 aromatic rings. The number of anilines is 2. The van der Waals surface area contributed by atoms with Gasteiger partial charge in [-0.3, -0.25) is 19.8 Å².